The smallest absolute Gasteiger partial charge is 0.00258 e. The van der Waals surface area contributed by atoms with Gasteiger partial charge in [0.25, 0.3) is 0 Å². The van der Waals surface area contributed by atoms with Gasteiger partial charge in [0.1, 0.15) is 0 Å². The van der Waals surface area contributed by atoms with Crippen LogP contribution in [0.5, 0.6) is 0 Å². The molecule has 4 aromatic carbocycles. The number of rotatable bonds is 2. The van der Waals surface area contributed by atoms with Crippen LogP contribution in [0, 0.1) is 55.4 Å². The molecule has 0 amide bonds. The van der Waals surface area contributed by atoms with Crippen molar-refractivity contribution in [1.29, 1.82) is 0 Å². The molecule has 180 valence electrons. The van der Waals surface area contributed by atoms with E-state index in [0.717, 1.165) is 6.42 Å². The summed E-state index contributed by atoms with van der Waals surface area (Å²) in [6, 6.07) is 30.4. The second kappa shape index (κ2) is 14.2. The maximum Gasteiger partial charge on any atom is -0.00258 e. The molecule has 0 saturated carbocycles. The Bertz CT molecular complexity index is 1070. The van der Waals surface area contributed by atoms with Gasteiger partial charge < -0.3 is 0 Å². The van der Waals surface area contributed by atoms with E-state index in [9.17, 15) is 0 Å². The fourth-order valence-electron chi connectivity index (χ4n) is 3.44. The van der Waals surface area contributed by atoms with Crippen LogP contribution in [0.15, 0.2) is 84.9 Å². The molecule has 0 heteroatoms. The third-order valence-electron chi connectivity index (χ3n) is 6.19. The lowest BCUT2D eigenvalue weighted by Gasteiger charge is -2.03. The van der Waals surface area contributed by atoms with E-state index in [1.54, 1.807) is 0 Å². The van der Waals surface area contributed by atoms with E-state index in [0.29, 0.717) is 0 Å². The predicted molar refractivity (Wildman–Crippen MR) is 153 cm³/mol. The minimum atomic E-state index is 0. The molecule has 0 unspecified atom stereocenters. The van der Waals surface area contributed by atoms with Gasteiger partial charge in [0.2, 0.25) is 0 Å². The van der Waals surface area contributed by atoms with Gasteiger partial charge in [0.05, 0.1) is 0 Å². The Morgan fingerprint density at radius 3 is 1.18 bits per heavy atom. The Kier molecular flexibility index (Phi) is 12.1. The summed E-state index contributed by atoms with van der Waals surface area (Å²) in [5.41, 5.74) is 13.7. The summed E-state index contributed by atoms with van der Waals surface area (Å²) in [6.45, 7) is 17.1. The minimum Gasteiger partial charge on any atom is -0.0776 e. The van der Waals surface area contributed by atoms with Gasteiger partial charge in [-0.05, 0) is 101 Å². The first-order valence-electron chi connectivity index (χ1n) is 11.8. The molecule has 0 nitrogen and oxygen atoms in total. The number of hydrogen-bond acceptors (Lipinski definition) is 0. The van der Waals surface area contributed by atoms with Gasteiger partial charge in [-0.3, -0.25) is 0 Å². The lowest BCUT2D eigenvalue weighted by atomic mass is 10.0. The van der Waals surface area contributed by atoms with Crippen molar-refractivity contribution in [2.45, 2.75) is 69.2 Å². The third-order valence-corrected chi connectivity index (χ3v) is 6.19. The summed E-state index contributed by atoms with van der Waals surface area (Å²) < 4.78 is 0. The van der Waals surface area contributed by atoms with Crippen molar-refractivity contribution < 1.29 is 0 Å². The quantitative estimate of drug-likeness (QED) is 0.284. The van der Waals surface area contributed by atoms with Gasteiger partial charge >= 0.3 is 0 Å². The highest BCUT2D eigenvalue weighted by Crippen LogP contribution is 2.12. The van der Waals surface area contributed by atoms with Crippen LogP contribution in [0.2, 0.25) is 0 Å². The molecule has 0 atom stereocenters. The SMILES string of the molecule is C.Cc1ccc(C)c(C)c1.Cc1ccc(Cc2ccc(C)cc2)cc1.Cc1cccc(C)c1C. The molecule has 0 fully saturated rings. The van der Waals surface area contributed by atoms with Crippen molar-refractivity contribution in [3.63, 3.8) is 0 Å². The molecule has 0 aliphatic heterocycles. The van der Waals surface area contributed by atoms with Crippen LogP contribution in [0.25, 0.3) is 0 Å². The molecule has 0 radical (unpaired) electrons. The standard InChI is InChI=1S/C15H16.2C9H12.CH4/c1-12-3-7-14(8-4-12)11-15-9-5-13(2)6-10-15;1-7-4-5-8(2)9(3)6-7;1-7-5-4-6-8(2)9(7)3;/h3-10H,11H2,1-2H3;2*4-6H,1-3H3;1H4. The van der Waals surface area contributed by atoms with Gasteiger partial charge in [-0.1, -0.05) is 109 Å². The average molecular weight is 453 g/mol. The summed E-state index contributed by atoms with van der Waals surface area (Å²) in [4.78, 5) is 0. The van der Waals surface area contributed by atoms with Crippen LogP contribution in [-0.4, -0.2) is 0 Å². The molecule has 0 saturated heterocycles. The van der Waals surface area contributed by atoms with Gasteiger partial charge in [0, 0.05) is 0 Å². The Balaban J connectivity index is 0.000000266. The second-order valence-corrected chi connectivity index (χ2v) is 9.25. The van der Waals surface area contributed by atoms with Crippen molar-refractivity contribution in [3.05, 3.63) is 141 Å². The van der Waals surface area contributed by atoms with Crippen LogP contribution in [0.4, 0.5) is 0 Å². The fraction of sp³-hybridized carbons (Fsp3) is 0.294. The van der Waals surface area contributed by atoms with Crippen LogP contribution in [-0.2, 0) is 6.42 Å². The molecule has 34 heavy (non-hydrogen) atoms. The summed E-state index contributed by atoms with van der Waals surface area (Å²) in [6.07, 6.45) is 1.03. The second-order valence-electron chi connectivity index (χ2n) is 9.25. The van der Waals surface area contributed by atoms with E-state index in [2.05, 4.69) is 140 Å². The Hall–Kier alpha value is -3.12. The molecule has 0 aliphatic rings. The summed E-state index contributed by atoms with van der Waals surface area (Å²) >= 11 is 0. The van der Waals surface area contributed by atoms with E-state index in [4.69, 9.17) is 0 Å². The van der Waals surface area contributed by atoms with Crippen LogP contribution < -0.4 is 0 Å². The Morgan fingerprint density at radius 1 is 0.412 bits per heavy atom. The summed E-state index contributed by atoms with van der Waals surface area (Å²) in [5.74, 6) is 0. The molecule has 4 rings (SSSR count). The molecule has 0 bridgehead atoms. The van der Waals surface area contributed by atoms with Crippen molar-refractivity contribution in [2.24, 2.45) is 0 Å². The topological polar surface area (TPSA) is 0 Å². The maximum absolute atomic E-state index is 2.20. The van der Waals surface area contributed by atoms with Gasteiger partial charge in [-0.15, -0.1) is 0 Å². The molecular formula is C34H44. The Morgan fingerprint density at radius 2 is 0.824 bits per heavy atom. The summed E-state index contributed by atoms with van der Waals surface area (Å²) in [7, 11) is 0. The normalized spacial score (nSPS) is 9.65. The Labute approximate surface area is 209 Å². The first kappa shape index (κ1) is 28.9. The maximum atomic E-state index is 2.20. The van der Waals surface area contributed by atoms with Gasteiger partial charge in [-0.25, -0.2) is 0 Å². The highest BCUT2D eigenvalue weighted by Gasteiger charge is 1.96. The van der Waals surface area contributed by atoms with E-state index in [1.807, 2.05) is 0 Å². The number of hydrogen-bond donors (Lipinski definition) is 0. The van der Waals surface area contributed by atoms with E-state index < -0.39 is 0 Å². The zero-order valence-electron chi connectivity index (χ0n) is 21.8. The first-order valence-corrected chi connectivity index (χ1v) is 11.8. The lowest BCUT2D eigenvalue weighted by molar-refractivity contribution is 1.18. The zero-order valence-corrected chi connectivity index (χ0v) is 21.8. The van der Waals surface area contributed by atoms with E-state index in [-0.39, 0.29) is 7.43 Å². The molecule has 0 aliphatic carbocycles. The van der Waals surface area contributed by atoms with Gasteiger partial charge in [0.15, 0.2) is 0 Å². The van der Waals surface area contributed by atoms with Crippen LogP contribution in [0.3, 0.4) is 0 Å². The van der Waals surface area contributed by atoms with Crippen LogP contribution in [0.1, 0.15) is 63.1 Å². The summed E-state index contributed by atoms with van der Waals surface area (Å²) in [5, 5.41) is 0. The average Bonchev–Trinajstić information content (AvgIpc) is 2.79. The minimum absolute atomic E-state index is 0. The fourth-order valence-corrected chi connectivity index (χ4v) is 3.44. The lowest BCUT2D eigenvalue weighted by Crippen LogP contribution is -1.88. The zero-order chi connectivity index (χ0) is 24.4. The van der Waals surface area contributed by atoms with Gasteiger partial charge in [-0.2, -0.15) is 0 Å². The predicted octanol–water partition coefficient (Wildman–Crippen LogP) is 9.75. The number of aryl methyl sites for hydroxylation is 7. The van der Waals surface area contributed by atoms with E-state index in [1.165, 1.54) is 55.6 Å². The first-order chi connectivity index (χ1) is 15.7. The monoisotopic (exact) mass is 452 g/mol. The van der Waals surface area contributed by atoms with Crippen molar-refractivity contribution >= 4 is 0 Å². The molecule has 4 aromatic rings. The van der Waals surface area contributed by atoms with Crippen molar-refractivity contribution in [3.8, 4) is 0 Å². The van der Waals surface area contributed by atoms with E-state index >= 15 is 0 Å². The molecule has 0 heterocycles. The third kappa shape index (κ3) is 9.79. The number of benzene rings is 4. The highest BCUT2D eigenvalue weighted by molar-refractivity contribution is 5.32. The van der Waals surface area contributed by atoms with Crippen molar-refractivity contribution in [2.75, 3.05) is 0 Å². The molecular weight excluding hydrogens is 408 g/mol. The molecule has 0 aromatic heterocycles. The van der Waals surface area contributed by atoms with Crippen molar-refractivity contribution in [1.82, 2.24) is 0 Å². The largest absolute Gasteiger partial charge is 0.0776 e. The molecule has 0 spiro atoms. The van der Waals surface area contributed by atoms with Crippen LogP contribution >= 0.6 is 0 Å². The molecule has 0 N–H and O–H groups in total. The highest BCUT2D eigenvalue weighted by atomic mass is 14.0.